The largest absolute Gasteiger partial charge is 0.390 e. The third-order valence-electron chi connectivity index (χ3n) is 1.30. The molecule has 0 aliphatic carbocycles. The lowest BCUT2D eigenvalue weighted by molar-refractivity contribution is -0.135. The molecule has 0 fully saturated rings. The first-order valence-corrected chi connectivity index (χ1v) is 3.95. The zero-order valence-electron chi connectivity index (χ0n) is 6.91. The van der Waals surface area contributed by atoms with Crippen molar-refractivity contribution in [3.8, 4) is 0 Å². The fraction of sp³-hybridized carbons (Fsp3) is 0.111. The van der Waals surface area contributed by atoms with Gasteiger partial charge in [0.1, 0.15) is 0 Å². The Balaban J connectivity index is 2.83. The van der Waals surface area contributed by atoms with Crippen molar-refractivity contribution in [2.24, 2.45) is 0 Å². The van der Waals surface area contributed by atoms with Crippen LogP contribution >= 0.6 is 11.6 Å². The molecule has 3 nitrogen and oxygen atoms in total. The van der Waals surface area contributed by atoms with Gasteiger partial charge in [-0.1, -0.05) is 17.7 Å². The van der Waals surface area contributed by atoms with Gasteiger partial charge in [-0.05, 0) is 18.2 Å². The highest BCUT2D eigenvalue weighted by molar-refractivity contribution is 6.30. The summed E-state index contributed by atoms with van der Waals surface area (Å²) in [7, 11) is 0. The first kappa shape index (κ1) is 9.74. The summed E-state index contributed by atoms with van der Waals surface area (Å²) in [6, 6.07) is 6.20. The third kappa shape index (κ3) is 2.87. The molecule has 4 heteroatoms. The van der Waals surface area contributed by atoms with Gasteiger partial charge in [0, 0.05) is 11.9 Å². The molecule has 0 aromatic heterocycles. The monoisotopic (exact) mass is 198 g/mol. The Labute approximate surface area is 80.3 Å². The molecule has 0 saturated heterocycles. The maximum absolute atomic E-state index is 11.1. The second-order valence-corrected chi connectivity index (χ2v) is 2.83. The molecule has 0 atom stereocenters. The van der Waals surface area contributed by atoms with Gasteiger partial charge in [-0.3, -0.25) is 4.79 Å². The minimum Gasteiger partial charge on any atom is -0.390 e. The fourth-order valence-corrected chi connectivity index (χ4v) is 0.995. The minimum atomic E-state index is -0.685. The molecule has 0 saturated carbocycles. The summed E-state index contributed by atoms with van der Waals surface area (Å²) in [5, 5.41) is 0.429. The molecule has 1 aromatic carbocycles. The van der Waals surface area contributed by atoms with E-state index in [0.717, 1.165) is 0 Å². The van der Waals surface area contributed by atoms with Crippen molar-refractivity contribution in [1.29, 1.82) is 0 Å². The van der Waals surface area contributed by atoms with Gasteiger partial charge in [-0.2, -0.15) is 0 Å². The number of rotatable bonds is 1. The maximum Gasteiger partial charge on any atom is 0.345 e. The molecule has 0 aliphatic heterocycles. The number of halogens is 1. The molecule has 0 heterocycles. The molecular weight excluding hydrogens is 192 g/mol. The molecule has 0 N–H and O–H groups in total. The molecule has 0 spiro atoms. The van der Waals surface area contributed by atoms with Crippen molar-refractivity contribution in [2.45, 2.75) is 6.92 Å². The lowest BCUT2D eigenvalue weighted by Gasteiger charge is -1.99. The number of ether oxygens (including phenoxy) is 1. The van der Waals surface area contributed by atoms with Crippen LogP contribution in [-0.4, -0.2) is 11.9 Å². The average Bonchev–Trinajstić information content (AvgIpc) is 2.03. The standard InChI is InChI=1S/C9H7ClO3/c1-6(11)13-9(12)7-3-2-4-8(10)5-7/h2-5H,1H3. The van der Waals surface area contributed by atoms with Gasteiger partial charge >= 0.3 is 11.9 Å². The summed E-state index contributed by atoms with van der Waals surface area (Å²) in [6.45, 7) is 1.17. The van der Waals surface area contributed by atoms with Crippen molar-refractivity contribution >= 4 is 23.5 Å². The van der Waals surface area contributed by atoms with E-state index in [1.165, 1.54) is 19.1 Å². The molecular formula is C9H7ClO3. The quantitative estimate of drug-likeness (QED) is 0.512. The summed E-state index contributed by atoms with van der Waals surface area (Å²) in [5.74, 6) is -1.32. The lowest BCUT2D eigenvalue weighted by Crippen LogP contribution is -2.08. The molecule has 0 unspecified atom stereocenters. The van der Waals surface area contributed by atoms with Gasteiger partial charge < -0.3 is 4.74 Å². The second kappa shape index (κ2) is 4.05. The van der Waals surface area contributed by atoms with E-state index in [-0.39, 0.29) is 5.56 Å². The number of benzene rings is 1. The van der Waals surface area contributed by atoms with Crippen LogP contribution in [-0.2, 0) is 9.53 Å². The molecule has 0 bridgehead atoms. The number of esters is 2. The van der Waals surface area contributed by atoms with Crippen molar-refractivity contribution in [1.82, 2.24) is 0 Å². The Kier molecular flexibility index (Phi) is 3.03. The summed E-state index contributed by atoms with van der Waals surface area (Å²) in [6.07, 6.45) is 0. The van der Waals surface area contributed by atoms with Gasteiger partial charge in [-0.15, -0.1) is 0 Å². The van der Waals surface area contributed by atoms with Crippen LogP contribution in [0.4, 0.5) is 0 Å². The molecule has 0 aliphatic rings. The van der Waals surface area contributed by atoms with E-state index < -0.39 is 11.9 Å². The minimum absolute atomic E-state index is 0.266. The zero-order valence-corrected chi connectivity index (χ0v) is 7.67. The number of hydrogen-bond donors (Lipinski definition) is 0. The highest BCUT2D eigenvalue weighted by atomic mass is 35.5. The Hall–Kier alpha value is -1.35. The van der Waals surface area contributed by atoms with Gasteiger partial charge in [0.05, 0.1) is 5.56 Å². The van der Waals surface area contributed by atoms with Crippen LogP contribution in [0.15, 0.2) is 24.3 Å². The van der Waals surface area contributed by atoms with Gasteiger partial charge in [0.2, 0.25) is 0 Å². The van der Waals surface area contributed by atoms with Crippen molar-refractivity contribution in [3.05, 3.63) is 34.9 Å². The van der Waals surface area contributed by atoms with Crippen LogP contribution in [0.2, 0.25) is 5.02 Å². The Bertz CT molecular complexity index is 346. The number of carbonyl (C=O) groups is 2. The number of hydrogen-bond acceptors (Lipinski definition) is 3. The Morgan fingerprint density at radius 1 is 1.38 bits per heavy atom. The van der Waals surface area contributed by atoms with Gasteiger partial charge in [0.25, 0.3) is 0 Å². The Morgan fingerprint density at radius 2 is 2.08 bits per heavy atom. The lowest BCUT2D eigenvalue weighted by atomic mass is 10.2. The topological polar surface area (TPSA) is 43.4 Å². The smallest absolute Gasteiger partial charge is 0.345 e. The van der Waals surface area contributed by atoms with E-state index in [1.54, 1.807) is 12.1 Å². The molecule has 0 amide bonds. The highest BCUT2D eigenvalue weighted by Gasteiger charge is 2.09. The number of carbonyl (C=O) groups excluding carboxylic acids is 2. The molecule has 13 heavy (non-hydrogen) atoms. The predicted molar refractivity (Wildman–Crippen MR) is 47.5 cm³/mol. The maximum atomic E-state index is 11.1. The Morgan fingerprint density at radius 3 is 2.62 bits per heavy atom. The third-order valence-corrected chi connectivity index (χ3v) is 1.53. The summed E-state index contributed by atoms with van der Waals surface area (Å²) in [4.78, 5) is 21.5. The zero-order chi connectivity index (χ0) is 9.84. The van der Waals surface area contributed by atoms with Crippen molar-refractivity contribution in [2.75, 3.05) is 0 Å². The average molecular weight is 199 g/mol. The molecule has 0 radical (unpaired) electrons. The molecule has 68 valence electrons. The van der Waals surface area contributed by atoms with E-state index in [4.69, 9.17) is 11.6 Å². The van der Waals surface area contributed by atoms with E-state index in [9.17, 15) is 9.59 Å². The van der Waals surface area contributed by atoms with E-state index in [0.29, 0.717) is 5.02 Å². The van der Waals surface area contributed by atoms with Crippen molar-refractivity contribution in [3.63, 3.8) is 0 Å². The normalized spacial score (nSPS) is 9.38. The predicted octanol–water partition coefficient (Wildman–Crippen LogP) is 2.04. The van der Waals surface area contributed by atoms with Crippen LogP contribution in [0.1, 0.15) is 17.3 Å². The summed E-state index contributed by atoms with van der Waals surface area (Å²) < 4.78 is 4.35. The van der Waals surface area contributed by atoms with Crippen molar-refractivity contribution < 1.29 is 14.3 Å². The fourth-order valence-electron chi connectivity index (χ4n) is 0.805. The first-order valence-electron chi connectivity index (χ1n) is 3.58. The molecule has 1 rings (SSSR count). The summed E-state index contributed by atoms with van der Waals surface area (Å²) >= 11 is 5.63. The van der Waals surface area contributed by atoms with Crippen LogP contribution < -0.4 is 0 Å². The second-order valence-electron chi connectivity index (χ2n) is 2.39. The van der Waals surface area contributed by atoms with E-state index in [2.05, 4.69) is 4.74 Å². The first-order chi connectivity index (χ1) is 6.09. The van der Waals surface area contributed by atoms with Gasteiger partial charge in [-0.25, -0.2) is 4.79 Å². The van der Waals surface area contributed by atoms with Crippen LogP contribution in [0.25, 0.3) is 0 Å². The summed E-state index contributed by atoms with van der Waals surface area (Å²) in [5.41, 5.74) is 0.266. The van der Waals surface area contributed by atoms with E-state index in [1.807, 2.05) is 0 Å². The van der Waals surface area contributed by atoms with Crippen LogP contribution in [0, 0.1) is 0 Å². The van der Waals surface area contributed by atoms with Crippen LogP contribution in [0.3, 0.4) is 0 Å². The van der Waals surface area contributed by atoms with Crippen LogP contribution in [0.5, 0.6) is 0 Å². The van der Waals surface area contributed by atoms with Gasteiger partial charge in [0.15, 0.2) is 0 Å². The highest BCUT2D eigenvalue weighted by Crippen LogP contribution is 2.11. The molecule has 1 aromatic rings. The SMILES string of the molecule is CC(=O)OC(=O)c1cccc(Cl)c1. The van der Waals surface area contributed by atoms with E-state index >= 15 is 0 Å².